The Balaban J connectivity index is 1.88. The van der Waals surface area contributed by atoms with Crippen molar-refractivity contribution in [2.75, 3.05) is 25.1 Å². The van der Waals surface area contributed by atoms with Crippen molar-refractivity contribution in [1.29, 1.82) is 0 Å². The number of sulfonamides is 1. The quantitative estimate of drug-likeness (QED) is 0.165. The first kappa shape index (κ1) is 36.0. The average Bonchev–Trinajstić information content (AvgIpc) is 3.09. The second-order valence-electron chi connectivity index (χ2n) is 11.8. The van der Waals surface area contributed by atoms with E-state index in [4.69, 9.17) is 9.47 Å². The number of ether oxygens (including phenoxy) is 2. The van der Waals surface area contributed by atoms with Gasteiger partial charge in [-0.05, 0) is 68.1 Å². The molecule has 0 aliphatic heterocycles. The van der Waals surface area contributed by atoms with Crippen molar-refractivity contribution < 1.29 is 27.5 Å². The molecule has 2 atom stereocenters. The number of carbonyl (C=O) groups is 2. The molecule has 0 aliphatic carbocycles. The van der Waals surface area contributed by atoms with Gasteiger partial charge < -0.3 is 19.7 Å². The molecule has 0 bridgehead atoms. The first-order valence-corrected chi connectivity index (χ1v) is 17.4. The van der Waals surface area contributed by atoms with Gasteiger partial charge in [-0.25, -0.2) is 8.42 Å². The molecule has 48 heavy (non-hydrogen) atoms. The summed E-state index contributed by atoms with van der Waals surface area (Å²) in [5, 5.41) is 3.06. The summed E-state index contributed by atoms with van der Waals surface area (Å²) < 4.78 is 41.0. The highest BCUT2D eigenvalue weighted by Crippen LogP contribution is 2.36. The Hall–Kier alpha value is -4.83. The van der Waals surface area contributed by atoms with Crippen molar-refractivity contribution in [3.8, 4) is 11.5 Å². The molecule has 0 heterocycles. The van der Waals surface area contributed by atoms with E-state index in [2.05, 4.69) is 5.32 Å². The van der Waals surface area contributed by atoms with Crippen molar-refractivity contribution in [2.45, 2.75) is 64.1 Å². The van der Waals surface area contributed by atoms with E-state index in [-0.39, 0.29) is 41.2 Å². The SMILES string of the molecule is CC[C@@H](C)NC(=O)[C@@H](Cc1ccccc1)N(Cc1ccccc1C)C(=O)CN(c1cc(OC)ccc1OC)S(=O)(=O)c1ccc(C)cc1. The standard InChI is InChI=1S/C38H45N3O6S/c1-7-29(4)39-38(43)35(23-30-14-9-8-10-15-30)40(25-31-16-12-11-13-28(31)3)37(42)26-41(34-24-32(46-5)19-22-36(34)47-6)48(44,45)33-20-17-27(2)18-21-33/h8-22,24,29,35H,7,23,25-26H2,1-6H3,(H,39,43)/t29-,35-/m1/s1. The second kappa shape index (κ2) is 16.3. The van der Waals surface area contributed by atoms with Gasteiger partial charge in [0.1, 0.15) is 24.1 Å². The third-order valence-electron chi connectivity index (χ3n) is 8.42. The molecule has 0 radical (unpaired) electrons. The van der Waals surface area contributed by atoms with Crippen molar-refractivity contribution in [1.82, 2.24) is 10.2 Å². The van der Waals surface area contributed by atoms with Crippen molar-refractivity contribution >= 4 is 27.5 Å². The van der Waals surface area contributed by atoms with E-state index in [1.165, 1.54) is 37.3 Å². The highest BCUT2D eigenvalue weighted by Gasteiger charge is 2.36. The normalized spacial score (nSPS) is 12.5. The van der Waals surface area contributed by atoms with Crippen LogP contribution in [-0.2, 0) is 32.6 Å². The second-order valence-corrected chi connectivity index (χ2v) is 13.7. The summed E-state index contributed by atoms with van der Waals surface area (Å²) in [7, 11) is -1.41. The fourth-order valence-electron chi connectivity index (χ4n) is 5.31. The van der Waals surface area contributed by atoms with E-state index >= 15 is 0 Å². The van der Waals surface area contributed by atoms with Crippen LogP contribution in [-0.4, -0.2) is 58.0 Å². The summed E-state index contributed by atoms with van der Waals surface area (Å²) in [6.45, 7) is 7.18. The predicted octanol–water partition coefficient (Wildman–Crippen LogP) is 6.07. The monoisotopic (exact) mass is 671 g/mol. The lowest BCUT2D eigenvalue weighted by atomic mass is 10.0. The lowest BCUT2D eigenvalue weighted by Gasteiger charge is -2.35. The molecule has 0 spiro atoms. The van der Waals surface area contributed by atoms with Crippen LogP contribution >= 0.6 is 0 Å². The molecule has 4 aromatic rings. The van der Waals surface area contributed by atoms with Gasteiger partial charge in [-0.3, -0.25) is 13.9 Å². The lowest BCUT2D eigenvalue weighted by molar-refractivity contribution is -0.140. The number of anilines is 1. The average molecular weight is 672 g/mol. The molecular weight excluding hydrogens is 627 g/mol. The van der Waals surface area contributed by atoms with E-state index in [0.29, 0.717) is 12.2 Å². The summed E-state index contributed by atoms with van der Waals surface area (Å²) >= 11 is 0. The molecule has 1 N–H and O–H groups in total. The van der Waals surface area contributed by atoms with Crippen LogP contribution in [0, 0.1) is 13.8 Å². The Kier molecular flexibility index (Phi) is 12.2. The maximum atomic E-state index is 14.8. The third-order valence-corrected chi connectivity index (χ3v) is 10.2. The Bertz CT molecular complexity index is 1800. The summed E-state index contributed by atoms with van der Waals surface area (Å²) in [6, 6.07) is 27.3. The molecule has 4 aromatic carbocycles. The van der Waals surface area contributed by atoms with Gasteiger partial charge in [0.25, 0.3) is 10.0 Å². The topological polar surface area (TPSA) is 105 Å². The van der Waals surface area contributed by atoms with Gasteiger partial charge in [0, 0.05) is 25.1 Å². The number of carbonyl (C=O) groups excluding carboxylic acids is 2. The molecule has 0 aliphatic rings. The first-order chi connectivity index (χ1) is 23.0. The molecule has 0 aromatic heterocycles. The number of rotatable bonds is 15. The van der Waals surface area contributed by atoms with E-state index in [1.54, 1.807) is 24.3 Å². The maximum Gasteiger partial charge on any atom is 0.264 e. The largest absolute Gasteiger partial charge is 0.497 e. The molecule has 10 heteroatoms. The van der Waals surface area contributed by atoms with Gasteiger partial charge in [0.15, 0.2) is 0 Å². The van der Waals surface area contributed by atoms with Gasteiger partial charge in [-0.1, -0.05) is 79.2 Å². The number of aryl methyl sites for hydroxylation is 2. The fourth-order valence-corrected chi connectivity index (χ4v) is 6.73. The van der Waals surface area contributed by atoms with E-state index in [0.717, 1.165) is 26.6 Å². The summed E-state index contributed by atoms with van der Waals surface area (Å²) in [6.07, 6.45) is 0.932. The van der Waals surface area contributed by atoms with Crippen LogP contribution in [0.25, 0.3) is 0 Å². The minimum atomic E-state index is -4.32. The van der Waals surface area contributed by atoms with Crippen LogP contribution in [0.15, 0.2) is 102 Å². The highest BCUT2D eigenvalue weighted by molar-refractivity contribution is 7.92. The van der Waals surface area contributed by atoms with Gasteiger partial charge in [0.2, 0.25) is 11.8 Å². The Morgan fingerprint density at radius 2 is 1.52 bits per heavy atom. The number of nitrogens with zero attached hydrogens (tertiary/aromatic N) is 2. The van der Waals surface area contributed by atoms with Crippen LogP contribution in [0.2, 0.25) is 0 Å². The van der Waals surface area contributed by atoms with Gasteiger partial charge in [-0.15, -0.1) is 0 Å². The van der Waals surface area contributed by atoms with E-state index < -0.39 is 28.5 Å². The van der Waals surface area contributed by atoms with E-state index in [1.807, 2.05) is 82.3 Å². The number of hydrogen-bond donors (Lipinski definition) is 1. The Morgan fingerprint density at radius 3 is 2.15 bits per heavy atom. The predicted molar refractivity (Wildman–Crippen MR) is 189 cm³/mol. The van der Waals surface area contributed by atoms with Crippen LogP contribution in [0.5, 0.6) is 11.5 Å². The van der Waals surface area contributed by atoms with E-state index in [9.17, 15) is 18.0 Å². The molecule has 0 unspecified atom stereocenters. The molecule has 2 amide bonds. The molecule has 0 saturated carbocycles. The van der Waals surface area contributed by atoms with Gasteiger partial charge in [-0.2, -0.15) is 0 Å². The summed E-state index contributed by atoms with van der Waals surface area (Å²) in [5.74, 6) is -0.254. The third kappa shape index (κ3) is 8.74. The fraction of sp³-hybridized carbons (Fsp3) is 0.316. The zero-order valence-electron chi connectivity index (χ0n) is 28.5. The molecule has 0 fully saturated rings. The Labute approximate surface area is 284 Å². The molecule has 4 rings (SSSR count). The number of hydrogen-bond acceptors (Lipinski definition) is 6. The van der Waals surface area contributed by atoms with Crippen LogP contribution in [0.3, 0.4) is 0 Å². The minimum Gasteiger partial charge on any atom is -0.497 e. The number of benzene rings is 4. The molecule has 0 saturated heterocycles. The Morgan fingerprint density at radius 1 is 0.854 bits per heavy atom. The van der Waals surface area contributed by atoms with Gasteiger partial charge in [0.05, 0.1) is 24.8 Å². The maximum absolute atomic E-state index is 14.8. The zero-order chi connectivity index (χ0) is 34.8. The van der Waals surface area contributed by atoms with Crippen molar-refractivity contribution in [3.63, 3.8) is 0 Å². The van der Waals surface area contributed by atoms with Crippen molar-refractivity contribution in [3.05, 3.63) is 119 Å². The smallest absolute Gasteiger partial charge is 0.264 e. The van der Waals surface area contributed by atoms with Crippen LogP contribution in [0.4, 0.5) is 5.69 Å². The molecule has 254 valence electrons. The highest BCUT2D eigenvalue weighted by atomic mass is 32.2. The zero-order valence-corrected chi connectivity index (χ0v) is 29.3. The first-order valence-electron chi connectivity index (χ1n) is 16.0. The molecular formula is C38H45N3O6S. The summed E-state index contributed by atoms with van der Waals surface area (Å²) in [4.78, 5) is 30.3. The number of methoxy groups -OCH3 is 2. The van der Waals surface area contributed by atoms with Crippen LogP contribution < -0.4 is 19.1 Å². The number of amides is 2. The summed E-state index contributed by atoms with van der Waals surface area (Å²) in [5.41, 5.74) is 3.66. The van der Waals surface area contributed by atoms with Crippen LogP contribution in [0.1, 0.15) is 42.5 Å². The molecule has 9 nitrogen and oxygen atoms in total. The minimum absolute atomic E-state index is 0.00609. The lowest BCUT2D eigenvalue weighted by Crippen LogP contribution is -2.54. The van der Waals surface area contributed by atoms with Crippen molar-refractivity contribution in [2.24, 2.45) is 0 Å². The number of nitrogens with one attached hydrogen (secondary N) is 1. The van der Waals surface area contributed by atoms with Gasteiger partial charge >= 0.3 is 0 Å².